The third-order valence-electron chi connectivity index (χ3n) is 2.14. The molecule has 0 fully saturated rings. The fourth-order valence-corrected chi connectivity index (χ4v) is 1.59. The smallest absolute Gasteiger partial charge is 0.305 e. The van der Waals surface area contributed by atoms with E-state index >= 15 is 0 Å². The monoisotopic (exact) mass is 289 g/mol. The number of carbonyl (C=O) groups excluding carboxylic acids is 1. The van der Waals surface area contributed by atoms with Crippen LogP contribution in [-0.2, 0) is 9.59 Å². The lowest BCUT2D eigenvalue weighted by Crippen LogP contribution is -2.37. The molecular formula is C12H13ClFNO4. The van der Waals surface area contributed by atoms with E-state index in [1.807, 2.05) is 0 Å². The van der Waals surface area contributed by atoms with E-state index in [1.54, 1.807) is 6.92 Å². The molecule has 0 aliphatic rings. The van der Waals surface area contributed by atoms with Crippen molar-refractivity contribution in [3.05, 3.63) is 29.0 Å². The predicted molar refractivity (Wildman–Crippen MR) is 66.8 cm³/mol. The Morgan fingerprint density at radius 2 is 2.21 bits per heavy atom. The largest absolute Gasteiger partial charge is 0.482 e. The van der Waals surface area contributed by atoms with Crippen LogP contribution >= 0.6 is 11.6 Å². The molecule has 0 aromatic heterocycles. The van der Waals surface area contributed by atoms with Crippen LogP contribution < -0.4 is 10.1 Å². The number of carboxylic acids is 1. The molecule has 1 unspecified atom stereocenters. The van der Waals surface area contributed by atoms with Crippen LogP contribution in [0.5, 0.6) is 5.75 Å². The van der Waals surface area contributed by atoms with Crippen molar-refractivity contribution >= 4 is 23.5 Å². The van der Waals surface area contributed by atoms with Gasteiger partial charge in [-0.15, -0.1) is 0 Å². The average Bonchev–Trinajstić information content (AvgIpc) is 2.26. The zero-order valence-corrected chi connectivity index (χ0v) is 10.9. The summed E-state index contributed by atoms with van der Waals surface area (Å²) >= 11 is 5.71. The minimum atomic E-state index is -1.00. The van der Waals surface area contributed by atoms with E-state index in [0.717, 1.165) is 12.1 Å². The van der Waals surface area contributed by atoms with Crippen LogP contribution in [0.25, 0.3) is 0 Å². The molecule has 1 amide bonds. The van der Waals surface area contributed by atoms with E-state index in [9.17, 15) is 14.0 Å². The van der Waals surface area contributed by atoms with Crippen molar-refractivity contribution in [2.24, 2.45) is 0 Å². The summed E-state index contributed by atoms with van der Waals surface area (Å²) < 4.78 is 17.9. The summed E-state index contributed by atoms with van der Waals surface area (Å²) in [7, 11) is 0. The van der Waals surface area contributed by atoms with Gasteiger partial charge >= 0.3 is 5.97 Å². The Hall–Kier alpha value is -1.82. The average molecular weight is 290 g/mol. The van der Waals surface area contributed by atoms with Crippen LogP contribution in [-0.4, -0.2) is 29.6 Å². The van der Waals surface area contributed by atoms with Crippen molar-refractivity contribution in [3.63, 3.8) is 0 Å². The molecule has 19 heavy (non-hydrogen) atoms. The molecule has 104 valence electrons. The van der Waals surface area contributed by atoms with E-state index in [1.165, 1.54) is 6.07 Å². The highest BCUT2D eigenvalue weighted by Crippen LogP contribution is 2.24. The Morgan fingerprint density at radius 1 is 1.53 bits per heavy atom. The van der Waals surface area contributed by atoms with E-state index in [-0.39, 0.29) is 23.8 Å². The predicted octanol–water partition coefficient (Wildman–Crippen LogP) is 1.84. The van der Waals surface area contributed by atoms with Gasteiger partial charge in [0.2, 0.25) is 0 Å². The molecule has 0 aliphatic carbocycles. The SMILES string of the molecule is CC(CC(=O)O)NC(=O)COc1ccc(F)cc1Cl. The molecular weight excluding hydrogens is 277 g/mol. The fraction of sp³-hybridized carbons (Fsp3) is 0.333. The normalized spacial score (nSPS) is 11.7. The van der Waals surface area contributed by atoms with Crippen molar-refractivity contribution in [1.29, 1.82) is 0 Å². The first-order valence-corrected chi connectivity index (χ1v) is 5.85. The molecule has 1 aromatic carbocycles. The van der Waals surface area contributed by atoms with Gasteiger partial charge in [0.15, 0.2) is 6.61 Å². The highest BCUT2D eigenvalue weighted by Gasteiger charge is 2.12. The number of aliphatic carboxylic acids is 1. The van der Waals surface area contributed by atoms with E-state index in [0.29, 0.717) is 0 Å². The van der Waals surface area contributed by atoms with Gasteiger partial charge < -0.3 is 15.2 Å². The van der Waals surface area contributed by atoms with Crippen LogP contribution in [0.1, 0.15) is 13.3 Å². The van der Waals surface area contributed by atoms with Gasteiger partial charge in [-0.2, -0.15) is 0 Å². The van der Waals surface area contributed by atoms with Gasteiger partial charge in [-0.05, 0) is 25.1 Å². The maximum Gasteiger partial charge on any atom is 0.305 e. The number of carbonyl (C=O) groups is 2. The van der Waals surface area contributed by atoms with Crippen LogP contribution in [0.15, 0.2) is 18.2 Å². The molecule has 1 aromatic rings. The summed E-state index contributed by atoms with van der Waals surface area (Å²) in [6.07, 6.45) is -0.178. The molecule has 0 spiro atoms. The summed E-state index contributed by atoms with van der Waals surface area (Å²) in [4.78, 5) is 21.9. The number of rotatable bonds is 6. The number of benzene rings is 1. The first-order chi connectivity index (χ1) is 8.88. The van der Waals surface area contributed by atoms with Crippen LogP contribution in [0.4, 0.5) is 4.39 Å². The highest BCUT2D eigenvalue weighted by atomic mass is 35.5. The number of hydrogen-bond acceptors (Lipinski definition) is 3. The van der Waals surface area contributed by atoms with Gasteiger partial charge in [0, 0.05) is 6.04 Å². The first-order valence-electron chi connectivity index (χ1n) is 5.47. The quantitative estimate of drug-likeness (QED) is 0.838. The molecule has 0 radical (unpaired) electrons. The van der Waals surface area contributed by atoms with Crippen molar-refractivity contribution in [3.8, 4) is 5.75 Å². The van der Waals surface area contributed by atoms with Gasteiger partial charge in [0.1, 0.15) is 11.6 Å². The summed E-state index contributed by atoms with van der Waals surface area (Å²) in [5.74, 6) is -1.80. The molecule has 1 atom stereocenters. The zero-order chi connectivity index (χ0) is 14.4. The number of halogens is 2. The van der Waals surface area contributed by atoms with Crippen LogP contribution in [0.2, 0.25) is 5.02 Å². The Morgan fingerprint density at radius 3 is 2.79 bits per heavy atom. The molecule has 5 nitrogen and oxygen atoms in total. The van der Waals surface area contributed by atoms with Crippen molar-refractivity contribution in [1.82, 2.24) is 5.32 Å². The molecule has 0 heterocycles. The van der Waals surface area contributed by atoms with E-state index in [2.05, 4.69) is 5.32 Å². The third-order valence-corrected chi connectivity index (χ3v) is 2.44. The standard InChI is InChI=1S/C12H13ClFNO4/c1-7(4-12(17)18)15-11(16)6-19-10-3-2-8(14)5-9(10)13/h2-3,5,7H,4,6H2,1H3,(H,15,16)(H,17,18). The van der Waals surface area contributed by atoms with Crippen molar-refractivity contribution < 1.29 is 23.8 Å². The Labute approximate surface area is 114 Å². The Bertz CT molecular complexity index is 481. The van der Waals surface area contributed by atoms with Gasteiger partial charge in [0.25, 0.3) is 5.91 Å². The van der Waals surface area contributed by atoms with Crippen LogP contribution in [0, 0.1) is 5.82 Å². The lowest BCUT2D eigenvalue weighted by molar-refractivity contribution is -0.137. The second kappa shape index (κ2) is 6.94. The molecule has 0 saturated heterocycles. The summed E-state index contributed by atoms with van der Waals surface area (Å²) in [5.41, 5.74) is 0. The first kappa shape index (κ1) is 15.2. The minimum absolute atomic E-state index is 0.0615. The van der Waals surface area contributed by atoms with Crippen LogP contribution in [0.3, 0.4) is 0 Å². The molecule has 0 aliphatic heterocycles. The van der Waals surface area contributed by atoms with Gasteiger partial charge in [-0.1, -0.05) is 11.6 Å². The maximum atomic E-state index is 12.8. The van der Waals surface area contributed by atoms with Crippen molar-refractivity contribution in [2.75, 3.05) is 6.61 Å². The molecule has 1 rings (SSSR count). The number of carboxylic acid groups (broad SMARTS) is 1. The Balaban J connectivity index is 2.43. The maximum absolute atomic E-state index is 12.8. The third kappa shape index (κ3) is 5.56. The minimum Gasteiger partial charge on any atom is -0.482 e. The Kier molecular flexibility index (Phi) is 5.57. The zero-order valence-electron chi connectivity index (χ0n) is 10.2. The lowest BCUT2D eigenvalue weighted by atomic mass is 10.2. The highest BCUT2D eigenvalue weighted by molar-refractivity contribution is 6.32. The summed E-state index contributed by atoms with van der Waals surface area (Å²) in [6, 6.07) is 3.04. The van der Waals surface area contributed by atoms with E-state index in [4.69, 9.17) is 21.4 Å². The molecule has 0 saturated carbocycles. The summed E-state index contributed by atoms with van der Waals surface area (Å²) in [5, 5.41) is 11.0. The summed E-state index contributed by atoms with van der Waals surface area (Å²) in [6.45, 7) is 1.24. The topological polar surface area (TPSA) is 75.6 Å². The molecule has 7 heteroatoms. The lowest BCUT2D eigenvalue weighted by Gasteiger charge is -2.12. The van der Waals surface area contributed by atoms with Crippen molar-refractivity contribution in [2.45, 2.75) is 19.4 Å². The van der Waals surface area contributed by atoms with Gasteiger partial charge in [-0.3, -0.25) is 9.59 Å². The fourth-order valence-electron chi connectivity index (χ4n) is 1.37. The van der Waals surface area contributed by atoms with Gasteiger partial charge in [0.05, 0.1) is 11.4 Å². The van der Waals surface area contributed by atoms with E-state index < -0.39 is 23.7 Å². The second-order valence-corrected chi connectivity index (χ2v) is 4.34. The number of nitrogens with one attached hydrogen (secondary N) is 1. The number of ether oxygens (including phenoxy) is 1. The number of amides is 1. The number of hydrogen-bond donors (Lipinski definition) is 2. The molecule has 2 N–H and O–H groups in total. The second-order valence-electron chi connectivity index (χ2n) is 3.93. The van der Waals surface area contributed by atoms with Gasteiger partial charge in [-0.25, -0.2) is 4.39 Å². The molecule has 0 bridgehead atoms.